The number of aliphatic carboxylic acids is 1. The van der Waals surface area contributed by atoms with Crippen LogP contribution in [-0.4, -0.2) is 29.6 Å². The lowest BCUT2D eigenvalue weighted by Crippen LogP contribution is -2.44. The highest BCUT2D eigenvalue weighted by molar-refractivity contribution is 6.42. The van der Waals surface area contributed by atoms with Crippen LogP contribution >= 0.6 is 23.2 Å². The van der Waals surface area contributed by atoms with Crippen LogP contribution in [0.1, 0.15) is 12.8 Å². The topological polar surface area (TPSA) is 75.6 Å². The van der Waals surface area contributed by atoms with E-state index < -0.39 is 17.9 Å². The van der Waals surface area contributed by atoms with E-state index in [0.29, 0.717) is 15.8 Å². The Morgan fingerprint density at radius 1 is 1.35 bits per heavy atom. The molecule has 1 aliphatic rings. The number of nitrogens with one attached hydrogen (secondary N) is 1. The monoisotopic (exact) mass is 317 g/mol. The third-order valence-corrected chi connectivity index (χ3v) is 3.68. The summed E-state index contributed by atoms with van der Waals surface area (Å²) in [6.07, 6.45) is 1.65. The van der Waals surface area contributed by atoms with Gasteiger partial charge >= 0.3 is 5.97 Å². The largest absolute Gasteiger partial charge is 0.484 e. The summed E-state index contributed by atoms with van der Waals surface area (Å²) in [5, 5.41) is 12.2. The number of rotatable bonds is 6. The van der Waals surface area contributed by atoms with E-state index in [2.05, 4.69) is 5.32 Å². The Balaban J connectivity index is 1.85. The molecule has 0 saturated heterocycles. The summed E-state index contributed by atoms with van der Waals surface area (Å²) >= 11 is 11.6. The van der Waals surface area contributed by atoms with Gasteiger partial charge in [0, 0.05) is 6.07 Å². The van der Waals surface area contributed by atoms with Gasteiger partial charge in [-0.25, -0.2) is 4.79 Å². The molecular formula is C13H13Cl2NO4. The van der Waals surface area contributed by atoms with Gasteiger partial charge in [-0.05, 0) is 30.9 Å². The molecule has 1 saturated carbocycles. The number of carbonyl (C=O) groups is 2. The lowest BCUT2D eigenvalue weighted by molar-refractivity contribution is -0.142. The quantitative estimate of drug-likeness (QED) is 0.844. The summed E-state index contributed by atoms with van der Waals surface area (Å²) in [7, 11) is 0. The number of benzene rings is 1. The van der Waals surface area contributed by atoms with Gasteiger partial charge in [0.2, 0.25) is 0 Å². The predicted octanol–water partition coefficient (Wildman–Crippen LogP) is 2.35. The summed E-state index contributed by atoms with van der Waals surface area (Å²) in [6.45, 7) is -0.269. The van der Waals surface area contributed by atoms with Crippen LogP contribution in [0.3, 0.4) is 0 Å². The van der Waals surface area contributed by atoms with Gasteiger partial charge in [0.25, 0.3) is 5.91 Å². The van der Waals surface area contributed by atoms with Crippen LogP contribution in [-0.2, 0) is 9.59 Å². The van der Waals surface area contributed by atoms with E-state index in [4.69, 9.17) is 33.0 Å². The van der Waals surface area contributed by atoms with Gasteiger partial charge in [0.1, 0.15) is 11.8 Å². The van der Waals surface area contributed by atoms with Crippen molar-refractivity contribution >= 4 is 35.1 Å². The molecule has 0 heterocycles. The molecule has 1 aliphatic carbocycles. The number of carbonyl (C=O) groups excluding carboxylic acids is 1. The first-order valence-electron chi connectivity index (χ1n) is 6.07. The first-order chi connectivity index (χ1) is 9.47. The average molecular weight is 318 g/mol. The van der Waals surface area contributed by atoms with Crippen molar-refractivity contribution in [3.05, 3.63) is 28.2 Å². The second-order valence-electron chi connectivity index (χ2n) is 4.59. The van der Waals surface area contributed by atoms with E-state index >= 15 is 0 Å². The van der Waals surface area contributed by atoms with Gasteiger partial charge in [-0.1, -0.05) is 23.2 Å². The maximum Gasteiger partial charge on any atom is 0.326 e. The molecule has 0 spiro atoms. The minimum absolute atomic E-state index is 0.0291. The van der Waals surface area contributed by atoms with Crippen molar-refractivity contribution in [1.29, 1.82) is 0 Å². The second-order valence-corrected chi connectivity index (χ2v) is 5.40. The lowest BCUT2D eigenvalue weighted by atomic mass is 10.2. The van der Waals surface area contributed by atoms with Gasteiger partial charge < -0.3 is 15.2 Å². The van der Waals surface area contributed by atoms with Crippen molar-refractivity contribution in [2.24, 2.45) is 5.92 Å². The SMILES string of the molecule is O=C(COc1ccc(Cl)c(Cl)c1)NC(C(=O)O)C1CC1. The van der Waals surface area contributed by atoms with Gasteiger partial charge in [-0.3, -0.25) is 4.79 Å². The number of hydrogen-bond donors (Lipinski definition) is 2. The number of carboxylic acid groups (broad SMARTS) is 1. The van der Waals surface area contributed by atoms with Gasteiger partial charge in [0.15, 0.2) is 6.61 Å². The molecule has 5 nitrogen and oxygen atoms in total. The Labute approximate surface area is 125 Å². The van der Waals surface area contributed by atoms with Gasteiger partial charge in [-0.2, -0.15) is 0 Å². The third kappa shape index (κ3) is 4.02. The van der Waals surface area contributed by atoms with Gasteiger partial charge in [-0.15, -0.1) is 0 Å². The molecule has 1 aromatic carbocycles. The maximum atomic E-state index is 11.7. The summed E-state index contributed by atoms with van der Waals surface area (Å²) < 4.78 is 5.24. The van der Waals surface area contributed by atoms with Crippen LogP contribution < -0.4 is 10.1 Å². The molecule has 0 aromatic heterocycles. The molecule has 1 atom stereocenters. The number of ether oxygens (including phenoxy) is 1. The van der Waals surface area contributed by atoms with Crippen molar-refractivity contribution in [1.82, 2.24) is 5.32 Å². The van der Waals surface area contributed by atoms with Gasteiger partial charge in [0.05, 0.1) is 10.0 Å². The minimum atomic E-state index is -1.02. The highest BCUT2D eigenvalue weighted by Crippen LogP contribution is 2.32. The van der Waals surface area contributed by atoms with Crippen LogP contribution in [0.25, 0.3) is 0 Å². The molecule has 0 bridgehead atoms. The van der Waals surface area contributed by atoms with E-state index in [0.717, 1.165) is 12.8 Å². The van der Waals surface area contributed by atoms with E-state index in [1.165, 1.54) is 6.07 Å². The summed E-state index contributed by atoms with van der Waals surface area (Å²) in [4.78, 5) is 22.6. The highest BCUT2D eigenvalue weighted by Gasteiger charge is 2.37. The summed E-state index contributed by atoms with van der Waals surface area (Å²) in [5.41, 5.74) is 0. The molecule has 2 N–H and O–H groups in total. The molecular weight excluding hydrogens is 305 g/mol. The van der Waals surface area contributed by atoms with Crippen LogP contribution in [0.15, 0.2) is 18.2 Å². The van der Waals surface area contributed by atoms with Crippen LogP contribution in [0.4, 0.5) is 0 Å². The summed E-state index contributed by atoms with van der Waals surface area (Å²) in [6, 6.07) is 3.80. The number of hydrogen-bond acceptors (Lipinski definition) is 3. The Bertz CT molecular complexity index is 531. The molecule has 0 radical (unpaired) electrons. The van der Waals surface area contributed by atoms with E-state index in [-0.39, 0.29) is 12.5 Å². The Morgan fingerprint density at radius 2 is 2.05 bits per heavy atom. The molecule has 1 aromatic rings. The van der Waals surface area contributed by atoms with Crippen LogP contribution in [0.2, 0.25) is 10.0 Å². The van der Waals surface area contributed by atoms with Crippen LogP contribution in [0.5, 0.6) is 5.75 Å². The molecule has 108 valence electrons. The molecule has 0 aliphatic heterocycles. The Hall–Kier alpha value is -1.46. The second kappa shape index (κ2) is 6.33. The first kappa shape index (κ1) is 14.9. The number of carboxylic acids is 1. The number of amides is 1. The fourth-order valence-corrected chi connectivity index (χ4v) is 2.03. The average Bonchev–Trinajstić information content (AvgIpc) is 3.21. The van der Waals surface area contributed by atoms with Crippen molar-refractivity contribution in [3.63, 3.8) is 0 Å². The normalized spacial score (nSPS) is 15.5. The molecule has 1 fully saturated rings. The predicted molar refractivity (Wildman–Crippen MR) is 74.2 cm³/mol. The fourth-order valence-electron chi connectivity index (χ4n) is 1.74. The zero-order chi connectivity index (χ0) is 14.7. The van der Waals surface area contributed by atoms with Crippen LogP contribution in [0, 0.1) is 5.92 Å². The van der Waals surface area contributed by atoms with E-state index in [1.807, 2.05) is 0 Å². The Morgan fingerprint density at radius 3 is 2.60 bits per heavy atom. The molecule has 1 amide bonds. The molecule has 20 heavy (non-hydrogen) atoms. The molecule has 2 rings (SSSR count). The standard InChI is InChI=1S/C13H13Cl2NO4/c14-9-4-3-8(5-10(9)15)20-6-11(17)16-12(13(18)19)7-1-2-7/h3-5,7,12H,1-2,6H2,(H,16,17)(H,18,19). The maximum absolute atomic E-state index is 11.7. The van der Waals surface area contributed by atoms with Crippen molar-refractivity contribution < 1.29 is 19.4 Å². The van der Waals surface area contributed by atoms with E-state index in [9.17, 15) is 9.59 Å². The van der Waals surface area contributed by atoms with Crippen molar-refractivity contribution in [3.8, 4) is 5.75 Å². The van der Waals surface area contributed by atoms with E-state index in [1.54, 1.807) is 12.1 Å². The highest BCUT2D eigenvalue weighted by atomic mass is 35.5. The zero-order valence-electron chi connectivity index (χ0n) is 10.4. The lowest BCUT2D eigenvalue weighted by Gasteiger charge is -2.14. The third-order valence-electron chi connectivity index (χ3n) is 2.94. The number of halogens is 2. The minimum Gasteiger partial charge on any atom is -0.484 e. The van der Waals surface area contributed by atoms with Crippen molar-refractivity contribution in [2.75, 3.05) is 6.61 Å². The smallest absolute Gasteiger partial charge is 0.326 e. The fraction of sp³-hybridized carbons (Fsp3) is 0.385. The summed E-state index contributed by atoms with van der Waals surface area (Å²) in [5.74, 6) is -1.07. The first-order valence-corrected chi connectivity index (χ1v) is 6.83. The molecule has 7 heteroatoms. The zero-order valence-corrected chi connectivity index (χ0v) is 11.9. The molecule has 1 unspecified atom stereocenters. The van der Waals surface area contributed by atoms with Crippen molar-refractivity contribution in [2.45, 2.75) is 18.9 Å². The Kier molecular flexibility index (Phi) is 4.73.